The molecule has 104 valence electrons. The molecule has 0 aliphatic heterocycles. The van der Waals surface area contributed by atoms with Crippen LogP contribution in [-0.2, 0) is 11.4 Å². The van der Waals surface area contributed by atoms with Crippen LogP contribution in [0.3, 0.4) is 0 Å². The molecule has 0 spiro atoms. The van der Waals surface area contributed by atoms with Crippen LogP contribution in [0.15, 0.2) is 52.1 Å². The molecule has 0 fully saturated rings. The molecule has 0 heterocycles. The Labute approximate surface area is 127 Å². The van der Waals surface area contributed by atoms with Crippen LogP contribution in [0.1, 0.15) is 16.7 Å². The summed E-state index contributed by atoms with van der Waals surface area (Å²) in [6.07, 6.45) is 1.72. The molecule has 0 aliphatic rings. The van der Waals surface area contributed by atoms with Crippen LogP contribution in [0.4, 0.5) is 0 Å². The molecule has 0 saturated carbocycles. The van der Waals surface area contributed by atoms with Crippen molar-refractivity contribution in [2.24, 2.45) is 5.16 Å². The molecule has 0 bridgehead atoms. The van der Waals surface area contributed by atoms with E-state index in [9.17, 15) is 0 Å². The van der Waals surface area contributed by atoms with Gasteiger partial charge in [0.15, 0.2) is 0 Å². The summed E-state index contributed by atoms with van der Waals surface area (Å²) >= 11 is 3.43. The third-order valence-electron chi connectivity index (χ3n) is 2.92. The number of ether oxygens (including phenoxy) is 1. The molecule has 0 amide bonds. The molecule has 0 aromatic heterocycles. The molecule has 20 heavy (non-hydrogen) atoms. The Kier molecular flexibility index (Phi) is 5.18. The summed E-state index contributed by atoms with van der Waals surface area (Å²) in [6, 6.07) is 13.8. The summed E-state index contributed by atoms with van der Waals surface area (Å²) in [5.74, 6) is 0.791. The Morgan fingerprint density at radius 2 is 2.00 bits per heavy atom. The second-order valence-corrected chi connectivity index (χ2v) is 5.24. The van der Waals surface area contributed by atoms with E-state index in [2.05, 4.69) is 21.1 Å². The van der Waals surface area contributed by atoms with Gasteiger partial charge in [-0.25, -0.2) is 0 Å². The van der Waals surface area contributed by atoms with E-state index in [1.165, 1.54) is 5.56 Å². The molecule has 0 radical (unpaired) electrons. The fraction of sp³-hybridized carbons (Fsp3) is 0.188. The first-order valence-corrected chi connectivity index (χ1v) is 7.03. The highest BCUT2D eigenvalue weighted by Gasteiger charge is 2.03. The van der Waals surface area contributed by atoms with Gasteiger partial charge < -0.3 is 9.57 Å². The van der Waals surface area contributed by atoms with E-state index < -0.39 is 0 Å². The van der Waals surface area contributed by atoms with Crippen molar-refractivity contribution in [1.29, 1.82) is 0 Å². The van der Waals surface area contributed by atoms with Gasteiger partial charge >= 0.3 is 0 Å². The predicted molar refractivity (Wildman–Crippen MR) is 84.3 cm³/mol. The number of methoxy groups -OCH3 is 1. The molecule has 2 aromatic rings. The summed E-state index contributed by atoms with van der Waals surface area (Å²) in [5.41, 5.74) is 3.16. The maximum atomic E-state index is 5.34. The van der Waals surface area contributed by atoms with Crippen LogP contribution in [0, 0.1) is 6.92 Å². The average molecular weight is 334 g/mol. The van der Waals surface area contributed by atoms with Gasteiger partial charge in [0.2, 0.25) is 0 Å². The highest BCUT2D eigenvalue weighted by atomic mass is 79.9. The molecular weight excluding hydrogens is 318 g/mol. The van der Waals surface area contributed by atoms with Gasteiger partial charge in [0.25, 0.3) is 0 Å². The maximum absolute atomic E-state index is 5.34. The smallest absolute Gasteiger partial charge is 0.145 e. The van der Waals surface area contributed by atoms with Crippen molar-refractivity contribution in [3.8, 4) is 5.75 Å². The first kappa shape index (κ1) is 14.6. The minimum absolute atomic E-state index is 0.366. The van der Waals surface area contributed by atoms with Crippen molar-refractivity contribution < 1.29 is 9.57 Å². The lowest BCUT2D eigenvalue weighted by molar-refractivity contribution is 0.130. The first-order chi connectivity index (χ1) is 9.70. The van der Waals surface area contributed by atoms with Gasteiger partial charge in [-0.1, -0.05) is 45.4 Å². The monoisotopic (exact) mass is 333 g/mol. The maximum Gasteiger partial charge on any atom is 0.145 e. The van der Waals surface area contributed by atoms with Gasteiger partial charge in [-0.05, 0) is 36.2 Å². The second kappa shape index (κ2) is 7.10. The van der Waals surface area contributed by atoms with E-state index in [1.54, 1.807) is 13.3 Å². The Morgan fingerprint density at radius 1 is 1.20 bits per heavy atom. The van der Waals surface area contributed by atoms with Gasteiger partial charge in [-0.15, -0.1) is 0 Å². The summed E-state index contributed by atoms with van der Waals surface area (Å²) in [6.45, 7) is 2.41. The number of halogens is 1. The van der Waals surface area contributed by atoms with E-state index in [0.29, 0.717) is 6.61 Å². The van der Waals surface area contributed by atoms with Gasteiger partial charge in [0.1, 0.15) is 12.4 Å². The molecule has 0 saturated heterocycles. The van der Waals surface area contributed by atoms with E-state index in [4.69, 9.17) is 9.57 Å². The molecule has 2 aromatic carbocycles. The Bertz CT molecular complexity index is 611. The van der Waals surface area contributed by atoms with Crippen LogP contribution in [0.2, 0.25) is 0 Å². The Balaban J connectivity index is 2.00. The van der Waals surface area contributed by atoms with Crippen molar-refractivity contribution >= 4 is 22.1 Å². The fourth-order valence-electron chi connectivity index (χ4n) is 1.79. The summed E-state index contributed by atoms with van der Waals surface area (Å²) in [7, 11) is 1.64. The van der Waals surface area contributed by atoms with E-state index in [1.807, 2.05) is 49.4 Å². The molecular formula is C16H16BrNO2. The number of aryl methyl sites for hydroxylation is 1. The number of benzene rings is 2. The zero-order valence-electron chi connectivity index (χ0n) is 11.5. The van der Waals surface area contributed by atoms with Gasteiger partial charge in [-0.3, -0.25) is 0 Å². The van der Waals surface area contributed by atoms with Crippen molar-refractivity contribution in [2.45, 2.75) is 13.5 Å². The molecule has 0 N–H and O–H groups in total. The van der Waals surface area contributed by atoms with Crippen LogP contribution in [0.5, 0.6) is 5.75 Å². The SMILES string of the molecule is COc1ccc(Br)cc1CO/N=C/c1ccccc1C. The van der Waals surface area contributed by atoms with Crippen LogP contribution in [0.25, 0.3) is 0 Å². The summed E-state index contributed by atoms with van der Waals surface area (Å²) in [5, 5.41) is 4.01. The third-order valence-corrected chi connectivity index (χ3v) is 3.41. The van der Waals surface area contributed by atoms with E-state index in [-0.39, 0.29) is 0 Å². The van der Waals surface area contributed by atoms with Gasteiger partial charge in [0, 0.05) is 10.0 Å². The molecule has 0 aliphatic carbocycles. The predicted octanol–water partition coefficient (Wildman–Crippen LogP) is 4.32. The third kappa shape index (κ3) is 3.84. The van der Waals surface area contributed by atoms with Crippen LogP contribution in [-0.4, -0.2) is 13.3 Å². The largest absolute Gasteiger partial charge is 0.496 e. The lowest BCUT2D eigenvalue weighted by atomic mass is 10.1. The van der Waals surface area contributed by atoms with Gasteiger partial charge in [0.05, 0.1) is 13.3 Å². The zero-order chi connectivity index (χ0) is 14.4. The lowest BCUT2D eigenvalue weighted by Crippen LogP contribution is -1.94. The standard InChI is InChI=1S/C16H16BrNO2/c1-12-5-3-4-6-13(12)10-18-20-11-14-9-15(17)7-8-16(14)19-2/h3-10H,11H2,1-2H3/b18-10+. The van der Waals surface area contributed by atoms with Crippen LogP contribution < -0.4 is 4.74 Å². The minimum atomic E-state index is 0.366. The molecule has 3 nitrogen and oxygen atoms in total. The Morgan fingerprint density at radius 3 is 2.75 bits per heavy atom. The number of nitrogens with zero attached hydrogens (tertiary/aromatic N) is 1. The van der Waals surface area contributed by atoms with E-state index in [0.717, 1.165) is 21.3 Å². The number of hydrogen-bond donors (Lipinski definition) is 0. The highest BCUT2D eigenvalue weighted by molar-refractivity contribution is 9.10. The van der Waals surface area contributed by atoms with Crippen LogP contribution >= 0.6 is 15.9 Å². The first-order valence-electron chi connectivity index (χ1n) is 6.24. The summed E-state index contributed by atoms with van der Waals surface area (Å²) < 4.78 is 6.27. The molecule has 2 rings (SSSR count). The number of oxime groups is 1. The topological polar surface area (TPSA) is 30.8 Å². The van der Waals surface area contributed by atoms with E-state index >= 15 is 0 Å². The van der Waals surface area contributed by atoms with Gasteiger partial charge in [-0.2, -0.15) is 0 Å². The average Bonchev–Trinajstić information content (AvgIpc) is 2.45. The quantitative estimate of drug-likeness (QED) is 0.602. The van der Waals surface area contributed by atoms with Crippen molar-refractivity contribution in [1.82, 2.24) is 0 Å². The van der Waals surface area contributed by atoms with Crippen molar-refractivity contribution in [3.63, 3.8) is 0 Å². The summed E-state index contributed by atoms with van der Waals surface area (Å²) in [4.78, 5) is 5.34. The minimum Gasteiger partial charge on any atom is -0.496 e. The lowest BCUT2D eigenvalue weighted by Gasteiger charge is -2.07. The zero-order valence-corrected chi connectivity index (χ0v) is 13.1. The normalized spacial score (nSPS) is 10.8. The van der Waals surface area contributed by atoms with Crippen molar-refractivity contribution in [2.75, 3.05) is 7.11 Å². The van der Waals surface area contributed by atoms with Crippen molar-refractivity contribution in [3.05, 3.63) is 63.6 Å². The highest BCUT2D eigenvalue weighted by Crippen LogP contribution is 2.23. The second-order valence-electron chi connectivity index (χ2n) is 4.32. The molecule has 0 atom stereocenters. The number of rotatable bonds is 5. The number of hydrogen-bond acceptors (Lipinski definition) is 3. The Hall–Kier alpha value is -1.81. The molecule has 0 unspecified atom stereocenters. The molecule has 4 heteroatoms. The fourth-order valence-corrected chi connectivity index (χ4v) is 2.20.